The lowest BCUT2D eigenvalue weighted by atomic mass is 10.2. The van der Waals surface area contributed by atoms with E-state index in [4.69, 9.17) is 5.26 Å². The highest BCUT2D eigenvalue weighted by Crippen LogP contribution is 2.02. The fraction of sp³-hybridized carbons (Fsp3) is 0.409. The first kappa shape index (κ1) is 24.8. The lowest BCUT2D eigenvalue weighted by Crippen LogP contribution is -2.05. The molecular weight excluding hydrogens is 344 g/mol. The van der Waals surface area contributed by atoms with Crippen molar-refractivity contribution in [3.63, 3.8) is 0 Å². The molecule has 0 rings (SSSR count). The molecule has 2 atom stereocenters. The Morgan fingerprint density at radius 3 is 2.26 bits per heavy atom. The van der Waals surface area contributed by atoms with Crippen LogP contribution in [-0.2, 0) is 14.4 Å². The number of aliphatic hydroxyl groups excluding tert-OH is 1. The zero-order chi connectivity index (χ0) is 20.0. The van der Waals surface area contributed by atoms with Crippen molar-refractivity contribution in [2.45, 2.75) is 51.2 Å². The molecule has 0 aliphatic rings. The summed E-state index contributed by atoms with van der Waals surface area (Å²) in [6.07, 6.45) is 25.4. The molecule has 0 fully saturated rings. The standard InChI is InChI=1S/C22H32O5/c1-2-3-10-15-21(24)16-11-7-5-4-6-8-12-17-22(27-25)18-13-9-14-19-26-20-23/h3,5-13,16-17,20-22,24-25H,2,4,14-15,18-19H2,1H3/b7-5-,8-6-,10-3-,13-9-,16-11+,17-12+/t21?,22-/m0/s1. The fourth-order valence-electron chi connectivity index (χ4n) is 1.94. The molecule has 0 heterocycles. The van der Waals surface area contributed by atoms with E-state index >= 15 is 0 Å². The molecule has 0 aliphatic carbocycles. The molecule has 5 nitrogen and oxygen atoms in total. The largest absolute Gasteiger partial charge is 0.468 e. The van der Waals surface area contributed by atoms with E-state index in [1.807, 2.05) is 60.8 Å². The average molecular weight is 376 g/mol. The average Bonchev–Trinajstić information content (AvgIpc) is 2.67. The third kappa shape index (κ3) is 18.4. The van der Waals surface area contributed by atoms with Gasteiger partial charge in [0.2, 0.25) is 0 Å². The van der Waals surface area contributed by atoms with Crippen LogP contribution in [0.2, 0.25) is 0 Å². The van der Waals surface area contributed by atoms with E-state index in [1.54, 1.807) is 12.2 Å². The smallest absolute Gasteiger partial charge is 0.293 e. The van der Waals surface area contributed by atoms with Crippen LogP contribution in [0.1, 0.15) is 39.0 Å². The van der Waals surface area contributed by atoms with Gasteiger partial charge in [0.1, 0.15) is 6.10 Å². The van der Waals surface area contributed by atoms with Gasteiger partial charge in [-0.2, -0.15) is 0 Å². The summed E-state index contributed by atoms with van der Waals surface area (Å²) < 4.78 is 4.56. The molecule has 2 N–H and O–H groups in total. The number of carbonyl (C=O) groups excluding carboxylic acids is 1. The fourth-order valence-corrected chi connectivity index (χ4v) is 1.94. The molecule has 0 amide bonds. The summed E-state index contributed by atoms with van der Waals surface area (Å²) in [5.74, 6) is 0. The van der Waals surface area contributed by atoms with Crippen LogP contribution in [0.3, 0.4) is 0 Å². The van der Waals surface area contributed by atoms with Crippen molar-refractivity contribution in [2.24, 2.45) is 0 Å². The summed E-state index contributed by atoms with van der Waals surface area (Å²) >= 11 is 0. The summed E-state index contributed by atoms with van der Waals surface area (Å²) in [5.41, 5.74) is 0. The summed E-state index contributed by atoms with van der Waals surface area (Å²) in [7, 11) is 0. The van der Waals surface area contributed by atoms with E-state index in [-0.39, 0.29) is 0 Å². The molecule has 0 aromatic rings. The van der Waals surface area contributed by atoms with Crippen LogP contribution in [0.25, 0.3) is 0 Å². The Morgan fingerprint density at radius 2 is 1.59 bits per heavy atom. The van der Waals surface area contributed by atoms with Gasteiger partial charge in [0.25, 0.3) is 6.47 Å². The minimum atomic E-state index is -0.446. The second-order valence-corrected chi connectivity index (χ2v) is 5.65. The minimum Gasteiger partial charge on any atom is -0.468 e. The number of carbonyl (C=O) groups is 1. The first-order valence-electron chi connectivity index (χ1n) is 9.24. The molecule has 150 valence electrons. The number of allylic oxidation sites excluding steroid dienone is 7. The van der Waals surface area contributed by atoms with Gasteiger partial charge in [-0.05, 0) is 32.1 Å². The monoisotopic (exact) mass is 376 g/mol. The maximum Gasteiger partial charge on any atom is 0.293 e. The van der Waals surface area contributed by atoms with Gasteiger partial charge in [-0.1, -0.05) is 79.8 Å². The molecule has 5 heteroatoms. The third-order valence-electron chi connectivity index (χ3n) is 3.35. The molecule has 0 saturated carbocycles. The van der Waals surface area contributed by atoms with E-state index in [0.29, 0.717) is 32.3 Å². The molecular formula is C22H32O5. The van der Waals surface area contributed by atoms with E-state index in [2.05, 4.69) is 16.5 Å². The van der Waals surface area contributed by atoms with Crippen LogP contribution in [0.15, 0.2) is 72.9 Å². The number of aliphatic hydroxyl groups is 1. The number of hydrogen-bond acceptors (Lipinski definition) is 5. The molecule has 0 aliphatic heterocycles. The van der Waals surface area contributed by atoms with Crippen LogP contribution in [0, 0.1) is 0 Å². The van der Waals surface area contributed by atoms with Gasteiger partial charge in [-0.15, -0.1) is 0 Å². The van der Waals surface area contributed by atoms with Gasteiger partial charge in [-0.25, -0.2) is 4.89 Å². The van der Waals surface area contributed by atoms with Gasteiger partial charge in [0.15, 0.2) is 0 Å². The molecule has 0 aromatic carbocycles. The lowest BCUT2D eigenvalue weighted by molar-refractivity contribution is -0.264. The Bertz CT molecular complexity index is 515. The molecule has 0 bridgehead atoms. The Kier molecular flexibility index (Phi) is 18.5. The van der Waals surface area contributed by atoms with Crippen LogP contribution in [0.5, 0.6) is 0 Å². The van der Waals surface area contributed by atoms with E-state index < -0.39 is 12.2 Å². The molecule has 27 heavy (non-hydrogen) atoms. The SMILES string of the molecule is CC/C=C\CC(O)/C=C/C=C\C/C=C\C=C\[C@@H](C/C=C\CCOC=O)OO. The van der Waals surface area contributed by atoms with Gasteiger partial charge in [0.05, 0.1) is 12.7 Å². The van der Waals surface area contributed by atoms with E-state index in [9.17, 15) is 9.90 Å². The Morgan fingerprint density at radius 1 is 0.889 bits per heavy atom. The zero-order valence-electron chi connectivity index (χ0n) is 16.0. The first-order chi connectivity index (χ1) is 13.2. The van der Waals surface area contributed by atoms with Crippen molar-refractivity contribution in [2.75, 3.05) is 6.61 Å². The zero-order valence-corrected chi connectivity index (χ0v) is 16.0. The Labute approximate surface area is 162 Å². The summed E-state index contributed by atoms with van der Waals surface area (Å²) in [4.78, 5) is 14.4. The molecule has 0 saturated heterocycles. The highest BCUT2D eigenvalue weighted by atomic mass is 17.1. The summed E-state index contributed by atoms with van der Waals surface area (Å²) in [6, 6.07) is 0. The van der Waals surface area contributed by atoms with Crippen molar-refractivity contribution in [3.8, 4) is 0 Å². The van der Waals surface area contributed by atoms with Crippen molar-refractivity contribution in [1.29, 1.82) is 0 Å². The Hall–Kier alpha value is -2.21. The minimum absolute atomic E-state index is 0.348. The van der Waals surface area contributed by atoms with Gasteiger partial charge in [-0.3, -0.25) is 10.1 Å². The topological polar surface area (TPSA) is 76.0 Å². The summed E-state index contributed by atoms with van der Waals surface area (Å²) in [6.45, 7) is 2.83. The van der Waals surface area contributed by atoms with Gasteiger partial charge in [0, 0.05) is 0 Å². The molecule has 0 radical (unpaired) electrons. The number of rotatable bonds is 16. The van der Waals surface area contributed by atoms with E-state index in [0.717, 1.165) is 12.8 Å². The van der Waals surface area contributed by atoms with Crippen molar-refractivity contribution in [3.05, 3.63) is 72.9 Å². The van der Waals surface area contributed by atoms with Crippen LogP contribution >= 0.6 is 0 Å². The molecule has 0 spiro atoms. The third-order valence-corrected chi connectivity index (χ3v) is 3.35. The van der Waals surface area contributed by atoms with Crippen LogP contribution < -0.4 is 0 Å². The van der Waals surface area contributed by atoms with Crippen LogP contribution in [0.4, 0.5) is 0 Å². The predicted molar refractivity (Wildman–Crippen MR) is 109 cm³/mol. The quantitative estimate of drug-likeness (QED) is 0.102. The normalized spacial score (nSPS) is 15.2. The number of ether oxygens (including phenoxy) is 1. The Balaban J connectivity index is 3.97. The van der Waals surface area contributed by atoms with E-state index in [1.165, 1.54) is 0 Å². The molecule has 1 unspecified atom stereocenters. The lowest BCUT2D eigenvalue weighted by Gasteiger charge is -2.04. The summed E-state index contributed by atoms with van der Waals surface area (Å²) in [5, 5.41) is 18.5. The number of hydrogen-bond donors (Lipinski definition) is 2. The van der Waals surface area contributed by atoms with Gasteiger partial charge < -0.3 is 9.84 Å². The van der Waals surface area contributed by atoms with Gasteiger partial charge >= 0.3 is 0 Å². The predicted octanol–water partition coefficient (Wildman–Crippen LogP) is 4.69. The second-order valence-electron chi connectivity index (χ2n) is 5.65. The highest BCUT2D eigenvalue weighted by molar-refractivity contribution is 5.36. The van der Waals surface area contributed by atoms with Crippen molar-refractivity contribution in [1.82, 2.24) is 0 Å². The van der Waals surface area contributed by atoms with Crippen LogP contribution in [-0.4, -0.2) is 35.7 Å². The van der Waals surface area contributed by atoms with Crippen molar-refractivity contribution < 1.29 is 24.8 Å². The first-order valence-corrected chi connectivity index (χ1v) is 9.24. The molecule has 0 aromatic heterocycles. The maximum absolute atomic E-state index is 9.97. The second kappa shape index (κ2) is 20.1. The maximum atomic E-state index is 9.97. The van der Waals surface area contributed by atoms with Crippen molar-refractivity contribution >= 4 is 6.47 Å². The highest BCUT2D eigenvalue weighted by Gasteiger charge is 1.99.